The van der Waals surface area contributed by atoms with E-state index in [1.807, 2.05) is 19.1 Å². The zero-order chi connectivity index (χ0) is 17.4. The summed E-state index contributed by atoms with van der Waals surface area (Å²) in [6.07, 6.45) is 5.04. The quantitative estimate of drug-likeness (QED) is 0.744. The Hall–Kier alpha value is -1.55. The second-order valence-corrected chi connectivity index (χ2v) is 7.06. The molecule has 1 aromatic rings. The van der Waals surface area contributed by atoms with E-state index in [0.29, 0.717) is 6.42 Å². The van der Waals surface area contributed by atoms with Gasteiger partial charge in [0.1, 0.15) is 5.75 Å². The summed E-state index contributed by atoms with van der Waals surface area (Å²) in [4.78, 5) is 14.5. The van der Waals surface area contributed by atoms with Crippen molar-refractivity contribution in [3.63, 3.8) is 0 Å². The van der Waals surface area contributed by atoms with E-state index in [1.54, 1.807) is 7.11 Å². The predicted molar refractivity (Wildman–Crippen MR) is 98.5 cm³/mol. The van der Waals surface area contributed by atoms with Gasteiger partial charge in [0, 0.05) is 19.5 Å². The number of likely N-dealkylation sites (tertiary alicyclic amines) is 1. The third kappa shape index (κ3) is 6.16. The summed E-state index contributed by atoms with van der Waals surface area (Å²) in [5.41, 5.74) is 2.30. The topological polar surface area (TPSA) is 41.6 Å². The predicted octanol–water partition coefficient (Wildman–Crippen LogP) is 3.17. The van der Waals surface area contributed by atoms with Gasteiger partial charge in [0.25, 0.3) is 0 Å². The molecule has 24 heavy (non-hydrogen) atoms. The number of nitrogens with one attached hydrogen (secondary N) is 1. The first-order valence-corrected chi connectivity index (χ1v) is 9.21. The fraction of sp³-hybridized carbons (Fsp3) is 0.650. The van der Waals surface area contributed by atoms with Gasteiger partial charge in [-0.25, -0.2) is 0 Å². The molecule has 0 unspecified atom stereocenters. The summed E-state index contributed by atoms with van der Waals surface area (Å²) in [5.74, 6) is 1.87. The molecule has 0 saturated carbocycles. The van der Waals surface area contributed by atoms with Crippen molar-refractivity contribution in [3.8, 4) is 5.75 Å². The Morgan fingerprint density at radius 3 is 2.96 bits per heavy atom. The number of ether oxygens (including phenoxy) is 1. The first-order valence-electron chi connectivity index (χ1n) is 9.21. The number of piperidine rings is 1. The maximum absolute atomic E-state index is 12.0. The standard InChI is InChI=1S/C20H32N2O2/c1-16-6-4-12-22(15-16)13-5-11-21-20(23)10-8-18-7-9-19(24-3)17(2)14-18/h7,9,14,16H,4-6,8,10-13,15H2,1-3H3,(H,21,23)/t16-/m0/s1. The van der Waals surface area contributed by atoms with E-state index < -0.39 is 0 Å². The van der Waals surface area contributed by atoms with Gasteiger partial charge in [-0.2, -0.15) is 0 Å². The minimum atomic E-state index is 0.149. The van der Waals surface area contributed by atoms with Crippen molar-refractivity contribution in [1.29, 1.82) is 0 Å². The highest BCUT2D eigenvalue weighted by Gasteiger charge is 2.15. The normalized spacial score (nSPS) is 18.4. The van der Waals surface area contributed by atoms with Crippen LogP contribution < -0.4 is 10.1 Å². The van der Waals surface area contributed by atoms with Crippen LogP contribution in [0.3, 0.4) is 0 Å². The molecular formula is C20H32N2O2. The van der Waals surface area contributed by atoms with Crippen LogP contribution in [-0.2, 0) is 11.2 Å². The second kappa shape index (κ2) is 9.67. The smallest absolute Gasteiger partial charge is 0.220 e. The van der Waals surface area contributed by atoms with Crippen molar-refractivity contribution in [2.45, 2.75) is 46.0 Å². The lowest BCUT2D eigenvalue weighted by Crippen LogP contribution is -2.36. The molecule has 2 rings (SSSR count). The molecule has 1 aliphatic heterocycles. The number of nitrogens with zero attached hydrogens (tertiary/aromatic N) is 1. The molecule has 0 spiro atoms. The van der Waals surface area contributed by atoms with Gasteiger partial charge in [0.15, 0.2) is 0 Å². The molecule has 1 fully saturated rings. The molecule has 4 heteroatoms. The Morgan fingerprint density at radius 1 is 1.42 bits per heavy atom. The van der Waals surface area contributed by atoms with E-state index in [9.17, 15) is 4.79 Å². The van der Waals surface area contributed by atoms with E-state index in [1.165, 1.54) is 31.5 Å². The lowest BCUT2D eigenvalue weighted by atomic mass is 10.0. The zero-order valence-corrected chi connectivity index (χ0v) is 15.4. The van der Waals surface area contributed by atoms with Crippen molar-refractivity contribution in [2.75, 3.05) is 33.3 Å². The van der Waals surface area contributed by atoms with Crippen LogP contribution in [0.1, 0.15) is 43.7 Å². The number of benzene rings is 1. The number of hydrogen-bond acceptors (Lipinski definition) is 3. The molecule has 0 bridgehead atoms. The molecule has 1 heterocycles. The molecule has 0 aromatic heterocycles. The maximum Gasteiger partial charge on any atom is 0.220 e. The van der Waals surface area contributed by atoms with Crippen LogP contribution in [0.25, 0.3) is 0 Å². The Bertz CT molecular complexity index is 530. The average molecular weight is 332 g/mol. The molecule has 1 aromatic carbocycles. The lowest BCUT2D eigenvalue weighted by Gasteiger charge is -2.30. The van der Waals surface area contributed by atoms with Gasteiger partial charge in [-0.05, 0) is 68.8 Å². The van der Waals surface area contributed by atoms with E-state index >= 15 is 0 Å². The third-order valence-electron chi connectivity index (χ3n) is 4.81. The molecule has 4 nitrogen and oxygen atoms in total. The zero-order valence-electron chi connectivity index (χ0n) is 15.4. The summed E-state index contributed by atoms with van der Waals surface area (Å²) in [6, 6.07) is 6.11. The van der Waals surface area contributed by atoms with Crippen LogP contribution in [0.2, 0.25) is 0 Å². The SMILES string of the molecule is COc1ccc(CCC(=O)NCCCN2CCC[C@H](C)C2)cc1C. The van der Waals surface area contributed by atoms with Crippen molar-refractivity contribution in [1.82, 2.24) is 10.2 Å². The minimum Gasteiger partial charge on any atom is -0.496 e. The van der Waals surface area contributed by atoms with E-state index in [-0.39, 0.29) is 5.91 Å². The second-order valence-electron chi connectivity index (χ2n) is 7.06. The number of amides is 1. The first-order chi connectivity index (χ1) is 11.6. The molecule has 1 atom stereocenters. The fourth-order valence-electron chi connectivity index (χ4n) is 3.46. The van der Waals surface area contributed by atoms with Crippen molar-refractivity contribution >= 4 is 5.91 Å². The molecule has 0 radical (unpaired) electrons. The first kappa shape index (κ1) is 18.8. The van der Waals surface area contributed by atoms with Crippen LogP contribution in [0.15, 0.2) is 18.2 Å². The molecule has 1 N–H and O–H groups in total. The minimum absolute atomic E-state index is 0.149. The number of carbonyl (C=O) groups excluding carboxylic acids is 1. The molecule has 1 amide bonds. The summed E-state index contributed by atoms with van der Waals surface area (Å²) < 4.78 is 5.26. The van der Waals surface area contributed by atoms with Gasteiger partial charge in [0.2, 0.25) is 5.91 Å². The van der Waals surface area contributed by atoms with Crippen molar-refractivity contribution in [2.24, 2.45) is 5.92 Å². The molecule has 1 aliphatic rings. The monoisotopic (exact) mass is 332 g/mol. The maximum atomic E-state index is 12.0. The number of rotatable bonds is 8. The Morgan fingerprint density at radius 2 is 2.25 bits per heavy atom. The highest BCUT2D eigenvalue weighted by atomic mass is 16.5. The van der Waals surface area contributed by atoms with E-state index in [2.05, 4.69) is 23.2 Å². The largest absolute Gasteiger partial charge is 0.496 e. The number of hydrogen-bond donors (Lipinski definition) is 1. The third-order valence-corrected chi connectivity index (χ3v) is 4.81. The summed E-state index contributed by atoms with van der Waals surface area (Å²) in [6.45, 7) is 8.67. The Balaban J connectivity index is 1.60. The summed E-state index contributed by atoms with van der Waals surface area (Å²) in [5, 5.41) is 3.05. The number of methoxy groups -OCH3 is 1. The number of aryl methyl sites for hydroxylation is 2. The van der Waals surface area contributed by atoms with Crippen LogP contribution in [0, 0.1) is 12.8 Å². The Labute approximate surface area is 146 Å². The van der Waals surface area contributed by atoms with Crippen LogP contribution >= 0.6 is 0 Å². The van der Waals surface area contributed by atoms with Gasteiger partial charge < -0.3 is 15.0 Å². The van der Waals surface area contributed by atoms with Gasteiger partial charge >= 0.3 is 0 Å². The van der Waals surface area contributed by atoms with E-state index in [0.717, 1.165) is 43.2 Å². The average Bonchev–Trinajstić information content (AvgIpc) is 2.57. The summed E-state index contributed by atoms with van der Waals surface area (Å²) in [7, 11) is 1.68. The molecular weight excluding hydrogens is 300 g/mol. The highest BCUT2D eigenvalue weighted by molar-refractivity contribution is 5.76. The highest BCUT2D eigenvalue weighted by Crippen LogP contribution is 2.19. The van der Waals surface area contributed by atoms with Crippen molar-refractivity contribution in [3.05, 3.63) is 29.3 Å². The van der Waals surface area contributed by atoms with Gasteiger partial charge in [-0.1, -0.05) is 19.1 Å². The van der Waals surface area contributed by atoms with Gasteiger partial charge in [-0.15, -0.1) is 0 Å². The lowest BCUT2D eigenvalue weighted by molar-refractivity contribution is -0.121. The molecule has 1 saturated heterocycles. The van der Waals surface area contributed by atoms with Crippen LogP contribution in [-0.4, -0.2) is 44.1 Å². The Kier molecular flexibility index (Phi) is 7.57. The van der Waals surface area contributed by atoms with Gasteiger partial charge in [0.05, 0.1) is 7.11 Å². The molecule has 134 valence electrons. The van der Waals surface area contributed by atoms with Crippen LogP contribution in [0.5, 0.6) is 5.75 Å². The van der Waals surface area contributed by atoms with E-state index in [4.69, 9.17) is 4.74 Å². The van der Waals surface area contributed by atoms with Gasteiger partial charge in [-0.3, -0.25) is 4.79 Å². The van der Waals surface area contributed by atoms with Crippen LogP contribution in [0.4, 0.5) is 0 Å². The molecule has 0 aliphatic carbocycles. The summed E-state index contributed by atoms with van der Waals surface area (Å²) >= 11 is 0. The number of carbonyl (C=O) groups is 1. The fourth-order valence-corrected chi connectivity index (χ4v) is 3.46. The van der Waals surface area contributed by atoms with Crippen molar-refractivity contribution < 1.29 is 9.53 Å².